The topological polar surface area (TPSA) is 30.5 Å². The standard InChI is InChI=1S/C20H24ClNO2.ClH/c1-3-13-24-19-10-7-17(14-20(19)23-4-2)15-22-12-11-16-5-8-18(21)9-6-16;/h3,5-10,14,22H,1,4,11-13,15H2,2H3;1H. The molecule has 0 aliphatic rings. The summed E-state index contributed by atoms with van der Waals surface area (Å²) in [5.41, 5.74) is 2.44. The van der Waals surface area contributed by atoms with Crippen LogP contribution in [-0.4, -0.2) is 19.8 Å². The quantitative estimate of drug-likeness (QED) is 0.460. The number of hydrogen-bond acceptors (Lipinski definition) is 3. The normalized spacial score (nSPS) is 10.0. The highest BCUT2D eigenvalue weighted by Gasteiger charge is 2.06. The molecule has 0 aliphatic carbocycles. The highest BCUT2D eigenvalue weighted by Crippen LogP contribution is 2.28. The Bertz CT molecular complexity index is 645. The van der Waals surface area contributed by atoms with Gasteiger partial charge in [-0.2, -0.15) is 0 Å². The molecule has 0 amide bonds. The van der Waals surface area contributed by atoms with Crippen molar-refractivity contribution >= 4 is 24.0 Å². The van der Waals surface area contributed by atoms with E-state index in [1.165, 1.54) is 11.1 Å². The molecule has 0 aliphatic heterocycles. The van der Waals surface area contributed by atoms with Gasteiger partial charge in [0.15, 0.2) is 11.5 Å². The first-order valence-electron chi connectivity index (χ1n) is 8.17. The molecule has 0 bridgehead atoms. The largest absolute Gasteiger partial charge is 0.490 e. The minimum Gasteiger partial charge on any atom is -0.490 e. The summed E-state index contributed by atoms with van der Waals surface area (Å²) < 4.78 is 11.3. The lowest BCUT2D eigenvalue weighted by Gasteiger charge is -2.13. The van der Waals surface area contributed by atoms with Crippen LogP contribution in [0.15, 0.2) is 55.1 Å². The van der Waals surface area contributed by atoms with Gasteiger partial charge in [-0.25, -0.2) is 0 Å². The van der Waals surface area contributed by atoms with Crippen LogP contribution < -0.4 is 14.8 Å². The Morgan fingerprint density at radius 2 is 1.76 bits per heavy atom. The van der Waals surface area contributed by atoms with Gasteiger partial charge in [-0.3, -0.25) is 0 Å². The monoisotopic (exact) mass is 381 g/mol. The molecule has 0 heterocycles. The molecule has 0 atom stereocenters. The number of rotatable bonds is 10. The molecule has 0 fully saturated rings. The van der Waals surface area contributed by atoms with E-state index < -0.39 is 0 Å². The van der Waals surface area contributed by atoms with E-state index in [1.54, 1.807) is 6.08 Å². The maximum absolute atomic E-state index is 5.89. The fourth-order valence-corrected chi connectivity index (χ4v) is 2.44. The molecule has 0 spiro atoms. The third-order valence-corrected chi connectivity index (χ3v) is 3.75. The van der Waals surface area contributed by atoms with Crippen molar-refractivity contribution in [1.29, 1.82) is 0 Å². The Morgan fingerprint density at radius 3 is 2.44 bits per heavy atom. The minimum absolute atomic E-state index is 0. The first-order chi connectivity index (χ1) is 11.7. The number of halogens is 2. The van der Waals surface area contributed by atoms with Crippen molar-refractivity contribution < 1.29 is 9.47 Å². The molecule has 2 aromatic carbocycles. The smallest absolute Gasteiger partial charge is 0.161 e. The summed E-state index contributed by atoms with van der Waals surface area (Å²) in [6.45, 7) is 8.40. The van der Waals surface area contributed by atoms with Gasteiger partial charge in [0.2, 0.25) is 0 Å². The number of ether oxygens (including phenoxy) is 2. The van der Waals surface area contributed by atoms with Crippen LogP contribution in [0.5, 0.6) is 11.5 Å². The van der Waals surface area contributed by atoms with E-state index in [0.29, 0.717) is 13.2 Å². The summed E-state index contributed by atoms with van der Waals surface area (Å²) in [6.07, 6.45) is 2.69. The second kappa shape index (κ2) is 11.8. The summed E-state index contributed by atoms with van der Waals surface area (Å²) in [5, 5.41) is 4.22. The Kier molecular flexibility index (Phi) is 10.1. The summed E-state index contributed by atoms with van der Waals surface area (Å²) in [4.78, 5) is 0. The molecule has 2 rings (SSSR count). The SMILES string of the molecule is C=CCOc1ccc(CNCCc2ccc(Cl)cc2)cc1OCC.Cl. The van der Waals surface area contributed by atoms with Gasteiger partial charge in [0.1, 0.15) is 6.61 Å². The van der Waals surface area contributed by atoms with E-state index in [9.17, 15) is 0 Å². The Morgan fingerprint density at radius 1 is 1.04 bits per heavy atom. The van der Waals surface area contributed by atoms with Crippen LogP contribution in [-0.2, 0) is 13.0 Å². The molecular weight excluding hydrogens is 357 g/mol. The highest BCUT2D eigenvalue weighted by atomic mass is 35.5. The molecule has 136 valence electrons. The predicted octanol–water partition coefficient (Wildman–Crippen LogP) is 5.06. The van der Waals surface area contributed by atoms with E-state index in [0.717, 1.165) is 36.0 Å². The molecule has 2 aromatic rings. The predicted molar refractivity (Wildman–Crippen MR) is 107 cm³/mol. The Balaban J connectivity index is 0.00000312. The Labute approximate surface area is 161 Å². The van der Waals surface area contributed by atoms with Gasteiger partial charge in [0.05, 0.1) is 6.61 Å². The maximum Gasteiger partial charge on any atom is 0.161 e. The fourth-order valence-electron chi connectivity index (χ4n) is 2.32. The third kappa shape index (κ3) is 7.39. The van der Waals surface area contributed by atoms with Crippen molar-refractivity contribution in [1.82, 2.24) is 5.32 Å². The zero-order chi connectivity index (χ0) is 17.2. The summed E-state index contributed by atoms with van der Waals surface area (Å²) in [6, 6.07) is 14.0. The molecule has 0 radical (unpaired) electrons. The number of hydrogen-bond donors (Lipinski definition) is 1. The second-order valence-electron chi connectivity index (χ2n) is 5.37. The molecule has 3 nitrogen and oxygen atoms in total. The fraction of sp³-hybridized carbons (Fsp3) is 0.300. The van der Waals surface area contributed by atoms with E-state index in [4.69, 9.17) is 21.1 Å². The van der Waals surface area contributed by atoms with Gasteiger partial charge in [0, 0.05) is 11.6 Å². The average molecular weight is 382 g/mol. The van der Waals surface area contributed by atoms with Gasteiger partial charge in [0.25, 0.3) is 0 Å². The van der Waals surface area contributed by atoms with E-state index in [-0.39, 0.29) is 12.4 Å². The van der Waals surface area contributed by atoms with Gasteiger partial charge in [-0.15, -0.1) is 12.4 Å². The van der Waals surface area contributed by atoms with Crippen LogP contribution >= 0.6 is 24.0 Å². The van der Waals surface area contributed by atoms with Crippen LogP contribution in [0, 0.1) is 0 Å². The molecule has 0 unspecified atom stereocenters. The average Bonchev–Trinajstić information content (AvgIpc) is 2.60. The van der Waals surface area contributed by atoms with Gasteiger partial charge in [-0.05, 0) is 55.3 Å². The molecule has 25 heavy (non-hydrogen) atoms. The van der Waals surface area contributed by atoms with E-state index in [1.807, 2.05) is 31.2 Å². The van der Waals surface area contributed by atoms with E-state index in [2.05, 4.69) is 30.1 Å². The summed E-state index contributed by atoms with van der Waals surface area (Å²) in [7, 11) is 0. The Hall–Kier alpha value is -1.68. The first kappa shape index (κ1) is 21.4. The maximum atomic E-state index is 5.89. The molecule has 1 N–H and O–H groups in total. The van der Waals surface area contributed by atoms with Gasteiger partial charge >= 0.3 is 0 Å². The zero-order valence-corrected chi connectivity index (χ0v) is 16.0. The lowest BCUT2D eigenvalue weighted by atomic mass is 10.1. The minimum atomic E-state index is 0. The zero-order valence-electron chi connectivity index (χ0n) is 14.5. The molecule has 0 saturated heterocycles. The van der Waals surface area contributed by atoms with Crippen molar-refractivity contribution in [3.8, 4) is 11.5 Å². The van der Waals surface area contributed by atoms with Crippen molar-refractivity contribution in [3.05, 3.63) is 71.3 Å². The van der Waals surface area contributed by atoms with Crippen LogP contribution in [0.2, 0.25) is 5.02 Å². The number of benzene rings is 2. The second-order valence-corrected chi connectivity index (χ2v) is 5.80. The lowest BCUT2D eigenvalue weighted by Crippen LogP contribution is -2.16. The highest BCUT2D eigenvalue weighted by molar-refractivity contribution is 6.30. The molecule has 5 heteroatoms. The first-order valence-corrected chi connectivity index (χ1v) is 8.55. The van der Waals surface area contributed by atoms with E-state index >= 15 is 0 Å². The van der Waals surface area contributed by atoms with Crippen LogP contribution in [0.1, 0.15) is 18.1 Å². The van der Waals surface area contributed by atoms with Crippen molar-refractivity contribution in [2.45, 2.75) is 19.9 Å². The van der Waals surface area contributed by atoms with Crippen molar-refractivity contribution in [2.75, 3.05) is 19.8 Å². The molecular formula is C20H25Cl2NO2. The lowest BCUT2D eigenvalue weighted by molar-refractivity contribution is 0.296. The summed E-state index contributed by atoms with van der Waals surface area (Å²) >= 11 is 5.89. The van der Waals surface area contributed by atoms with Crippen LogP contribution in [0.4, 0.5) is 0 Å². The van der Waals surface area contributed by atoms with Gasteiger partial charge in [-0.1, -0.05) is 42.5 Å². The van der Waals surface area contributed by atoms with Gasteiger partial charge < -0.3 is 14.8 Å². The van der Waals surface area contributed by atoms with Crippen LogP contribution in [0.25, 0.3) is 0 Å². The summed E-state index contributed by atoms with van der Waals surface area (Å²) in [5.74, 6) is 1.53. The van der Waals surface area contributed by atoms with Crippen molar-refractivity contribution in [2.24, 2.45) is 0 Å². The molecule has 0 aromatic heterocycles. The number of nitrogens with one attached hydrogen (secondary N) is 1. The van der Waals surface area contributed by atoms with Crippen molar-refractivity contribution in [3.63, 3.8) is 0 Å². The third-order valence-electron chi connectivity index (χ3n) is 3.50. The molecule has 0 saturated carbocycles. The van der Waals surface area contributed by atoms with Crippen LogP contribution in [0.3, 0.4) is 0 Å².